The molecule has 1 aliphatic heterocycles. The number of unbranched alkanes of at least 4 members (excludes halogenated alkanes) is 4. The summed E-state index contributed by atoms with van der Waals surface area (Å²) in [5, 5.41) is 0. The van der Waals surface area contributed by atoms with E-state index in [2.05, 4.69) is 18.7 Å². The Hall–Kier alpha value is 0.250. The first-order valence-corrected chi connectivity index (χ1v) is 6.55. The fraction of sp³-hybridized carbons (Fsp3) is 1.00. The van der Waals surface area contributed by atoms with E-state index in [1.54, 1.807) is 0 Å². The van der Waals surface area contributed by atoms with Gasteiger partial charge in [-0.25, -0.2) is 0 Å². The molecule has 0 bridgehead atoms. The van der Waals surface area contributed by atoms with Crippen LogP contribution in [-0.4, -0.2) is 24.5 Å². The lowest BCUT2D eigenvalue weighted by molar-refractivity contribution is 0.189. The summed E-state index contributed by atoms with van der Waals surface area (Å²) in [7, 11) is 0. The molecule has 0 aromatic heterocycles. The zero-order valence-electron chi connectivity index (χ0n) is 10.5. The maximum atomic E-state index is 2.66. The molecule has 1 fully saturated rings. The van der Waals surface area contributed by atoms with Crippen molar-refractivity contribution in [1.82, 2.24) is 4.90 Å². The van der Waals surface area contributed by atoms with Crippen LogP contribution in [0.2, 0.25) is 0 Å². The lowest BCUT2D eigenvalue weighted by atomic mass is 9.99. The van der Waals surface area contributed by atoms with Gasteiger partial charge in [-0.3, -0.25) is 0 Å². The summed E-state index contributed by atoms with van der Waals surface area (Å²) < 4.78 is 0. The summed E-state index contributed by atoms with van der Waals surface area (Å²) in [5.74, 6) is 0.978. The number of halogens is 1. The number of rotatable bonds is 6. The normalized spacial score (nSPS) is 18.8. The first-order valence-electron chi connectivity index (χ1n) is 6.55. The molecule has 1 rings (SSSR count). The number of hydrogen-bond acceptors (Lipinski definition) is 1. The van der Waals surface area contributed by atoms with Gasteiger partial charge >= 0.3 is 0 Å². The molecule has 15 heavy (non-hydrogen) atoms. The zero-order chi connectivity index (χ0) is 10.2. The molecular weight excluding hydrogens is 206 g/mol. The van der Waals surface area contributed by atoms with Crippen molar-refractivity contribution in [3.8, 4) is 0 Å². The van der Waals surface area contributed by atoms with Gasteiger partial charge in [0.1, 0.15) is 0 Å². The van der Waals surface area contributed by atoms with E-state index in [1.165, 1.54) is 64.6 Å². The molecule has 0 aliphatic carbocycles. The van der Waals surface area contributed by atoms with Gasteiger partial charge in [0.2, 0.25) is 0 Å². The summed E-state index contributed by atoms with van der Waals surface area (Å²) in [6.07, 6.45) is 9.96. The van der Waals surface area contributed by atoms with E-state index in [1.807, 2.05) is 0 Å². The quantitative estimate of drug-likeness (QED) is 0.625. The van der Waals surface area contributed by atoms with Gasteiger partial charge in [-0.05, 0) is 44.8 Å². The molecule has 0 aromatic rings. The predicted octanol–water partition coefficient (Wildman–Crippen LogP) is 4.11. The maximum Gasteiger partial charge on any atom is -0.00162 e. The van der Waals surface area contributed by atoms with Crippen LogP contribution < -0.4 is 0 Å². The number of nitrogens with zero attached hydrogens (tertiary/aromatic N) is 1. The van der Waals surface area contributed by atoms with Crippen LogP contribution in [0.1, 0.15) is 58.8 Å². The Morgan fingerprint density at radius 3 is 2.20 bits per heavy atom. The molecule has 0 atom stereocenters. The van der Waals surface area contributed by atoms with Crippen molar-refractivity contribution in [3.05, 3.63) is 0 Å². The van der Waals surface area contributed by atoms with Crippen LogP contribution in [0, 0.1) is 5.92 Å². The average molecular weight is 234 g/mol. The third kappa shape index (κ3) is 7.19. The van der Waals surface area contributed by atoms with Crippen molar-refractivity contribution in [2.45, 2.75) is 58.8 Å². The van der Waals surface area contributed by atoms with Gasteiger partial charge in [0.25, 0.3) is 0 Å². The summed E-state index contributed by atoms with van der Waals surface area (Å²) in [6, 6.07) is 0. The molecule has 92 valence electrons. The van der Waals surface area contributed by atoms with Crippen molar-refractivity contribution in [3.63, 3.8) is 0 Å². The topological polar surface area (TPSA) is 3.24 Å². The molecule has 0 spiro atoms. The number of hydrogen-bond donors (Lipinski definition) is 0. The van der Waals surface area contributed by atoms with Gasteiger partial charge in [0.05, 0.1) is 0 Å². The Balaban J connectivity index is 0.00000196. The summed E-state index contributed by atoms with van der Waals surface area (Å²) in [5.41, 5.74) is 0. The molecule has 1 aliphatic rings. The maximum absolute atomic E-state index is 2.66. The first kappa shape index (κ1) is 15.2. The Kier molecular flexibility index (Phi) is 9.63. The second-order valence-corrected chi connectivity index (χ2v) is 4.94. The van der Waals surface area contributed by atoms with Crippen molar-refractivity contribution in [2.24, 2.45) is 5.92 Å². The molecular formula is C13H28ClN. The molecule has 0 aromatic carbocycles. The standard InChI is InChI=1S/C13H27N.ClH/c1-3-4-5-6-7-10-14-11-8-13(2)9-12-14;/h13H,3-12H2,1-2H3;1H. The highest BCUT2D eigenvalue weighted by Crippen LogP contribution is 2.16. The highest BCUT2D eigenvalue weighted by Gasteiger charge is 2.14. The Bertz CT molecular complexity index is 130. The smallest absolute Gasteiger partial charge is 0.00162 e. The monoisotopic (exact) mass is 233 g/mol. The molecule has 0 radical (unpaired) electrons. The van der Waals surface area contributed by atoms with Crippen molar-refractivity contribution in [1.29, 1.82) is 0 Å². The van der Waals surface area contributed by atoms with E-state index in [9.17, 15) is 0 Å². The molecule has 0 amide bonds. The molecule has 2 heteroatoms. The fourth-order valence-electron chi connectivity index (χ4n) is 2.22. The molecule has 1 heterocycles. The van der Waals surface area contributed by atoms with Gasteiger partial charge in [-0.1, -0.05) is 39.5 Å². The number of likely N-dealkylation sites (tertiary alicyclic amines) is 1. The third-order valence-corrected chi connectivity index (χ3v) is 3.45. The van der Waals surface area contributed by atoms with Gasteiger partial charge in [-0.15, -0.1) is 12.4 Å². The van der Waals surface area contributed by atoms with E-state index >= 15 is 0 Å². The lowest BCUT2D eigenvalue weighted by Gasteiger charge is -2.30. The van der Waals surface area contributed by atoms with Crippen LogP contribution in [0.25, 0.3) is 0 Å². The molecule has 1 saturated heterocycles. The minimum absolute atomic E-state index is 0. The van der Waals surface area contributed by atoms with Crippen LogP contribution in [0.15, 0.2) is 0 Å². The predicted molar refractivity (Wildman–Crippen MR) is 70.8 cm³/mol. The van der Waals surface area contributed by atoms with Crippen molar-refractivity contribution >= 4 is 12.4 Å². The van der Waals surface area contributed by atoms with Crippen molar-refractivity contribution < 1.29 is 0 Å². The van der Waals surface area contributed by atoms with Gasteiger partial charge < -0.3 is 4.90 Å². The average Bonchev–Trinajstić information content (AvgIpc) is 2.21. The molecule has 1 nitrogen and oxygen atoms in total. The second-order valence-electron chi connectivity index (χ2n) is 4.94. The van der Waals surface area contributed by atoms with E-state index < -0.39 is 0 Å². The second kappa shape index (κ2) is 9.47. The van der Waals surface area contributed by atoms with Gasteiger partial charge in [0.15, 0.2) is 0 Å². The highest BCUT2D eigenvalue weighted by molar-refractivity contribution is 5.85. The van der Waals surface area contributed by atoms with Gasteiger partial charge in [0, 0.05) is 0 Å². The van der Waals surface area contributed by atoms with E-state index in [0.717, 1.165) is 5.92 Å². The Morgan fingerprint density at radius 2 is 1.60 bits per heavy atom. The minimum Gasteiger partial charge on any atom is -0.303 e. The van der Waals surface area contributed by atoms with Crippen LogP contribution in [0.5, 0.6) is 0 Å². The van der Waals surface area contributed by atoms with E-state index in [4.69, 9.17) is 0 Å². The van der Waals surface area contributed by atoms with E-state index in [-0.39, 0.29) is 12.4 Å². The Labute approximate surface area is 102 Å². The largest absolute Gasteiger partial charge is 0.303 e. The SMILES string of the molecule is CCCCCCCN1CCC(C)CC1.Cl. The van der Waals surface area contributed by atoms with Crippen LogP contribution in [0.4, 0.5) is 0 Å². The third-order valence-electron chi connectivity index (χ3n) is 3.45. The molecule has 0 saturated carbocycles. The zero-order valence-corrected chi connectivity index (χ0v) is 11.3. The van der Waals surface area contributed by atoms with E-state index in [0.29, 0.717) is 0 Å². The number of piperidine rings is 1. The van der Waals surface area contributed by atoms with Crippen LogP contribution >= 0.6 is 12.4 Å². The highest BCUT2D eigenvalue weighted by atomic mass is 35.5. The van der Waals surface area contributed by atoms with Gasteiger partial charge in [-0.2, -0.15) is 0 Å². The van der Waals surface area contributed by atoms with Crippen LogP contribution in [0.3, 0.4) is 0 Å². The minimum atomic E-state index is 0. The van der Waals surface area contributed by atoms with Crippen LogP contribution in [-0.2, 0) is 0 Å². The Morgan fingerprint density at radius 1 is 1.00 bits per heavy atom. The first-order chi connectivity index (χ1) is 6.83. The molecule has 0 N–H and O–H groups in total. The fourth-order valence-corrected chi connectivity index (χ4v) is 2.22. The summed E-state index contributed by atoms with van der Waals surface area (Å²) >= 11 is 0. The molecule has 0 unspecified atom stereocenters. The lowest BCUT2D eigenvalue weighted by Crippen LogP contribution is -2.33. The summed E-state index contributed by atoms with van der Waals surface area (Å²) in [6.45, 7) is 8.74. The van der Waals surface area contributed by atoms with Crippen molar-refractivity contribution in [2.75, 3.05) is 19.6 Å². The summed E-state index contributed by atoms with van der Waals surface area (Å²) in [4.78, 5) is 2.66.